The predicted octanol–water partition coefficient (Wildman–Crippen LogP) is 4.73. The van der Waals surface area contributed by atoms with E-state index in [9.17, 15) is 22.4 Å². The number of piperazine rings is 1. The van der Waals surface area contributed by atoms with Crippen molar-refractivity contribution >= 4 is 11.6 Å². The minimum atomic E-state index is -4.69. The summed E-state index contributed by atoms with van der Waals surface area (Å²) in [7, 11) is 0. The molecular formula is C25H33F4N3O2. The van der Waals surface area contributed by atoms with Gasteiger partial charge in [0, 0.05) is 32.2 Å². The molecule has 2 aliphatic heterocycles. The second-order valence-corrected chi connectivity index (χ2v) is 9.56. The Morgan fingerprint density at radius 1 is 1.09 bits per heavy atom. The number of halogens is 4. The summed E-state index contributed by atoms with van der Waals surface area (Å²) in [5, 5.41) is 3.15. The van der Waals surface area contributed by atoms with E-state index in [2.05, 4.69) is 10.2 Å². The Morgan fingerprint density at radius 3 is 2.47 bits per heavy atom. The maximum atomic E-state index is 14.4. The van der Waals surface area contributed by atoms with Crippen LogP contribution in [0.3, 0.4) is 0 Å². The van der Waals surface area contributed by atoms with Gasteiger partial charge < -0.3 is 15.0 Å². The average Bonchev–Trinajstić information content (AvgIpc) is 2.84. The van der Waals surface area contributed by atoms with E-state index in [1.165, 1.54) is 12.1 Å². The van der Waals surface area contributed by atoms with Gasteiger partial charge in [-0.05, 0) is 69.5 Å². The van der Waals surface area contributed by atoms with Crippen molar-refractivity contribution in [3.05, 3.63) is 41.4 Å². The number of anilines is 1. The van der Waals surface area contributed by atoms with Crippen LogP contribution < -0.4 is 10.2 Å². The Hall–Kier alpha value is -2.29. The van der Waals surface area contributed by atoms with Gasteiger partial charge in [-0.15, -0.1) is 0 Å². The van der Waals surface area contributed by atoms with Crippen LogP contribution in [0, 0.1) is 11.7 Å². The SMILES string of the molecule is O=C(N[C@H]1CC[C@H](CCN2CCN(c3cccc(C(F)(F)F)c3F)CC2)CC1)C1=COCCC1. The van der Waals surface area contributed by atoms with E-state index in [1.807, 2.05) is 0 Å². The molecule has 0 spiro atoms. The third-order valence-electron chi connectivity index (χ3n) is 7.26. The molecule has 4 rings (SSSR count). The molecule has 0 atom stereocenters. The van der Waals surface area contributed by atoms with E-state index < -0.39 is 17.6 Å². The number of nitrogens with one attached hydrogen (secondary N) is 1. The summed E-state index contributed by atoms with van der Waals surface area (Å²) >= 11 is 0. The second kappa shape index (κ2) is 11.0. The summed E-state index contributed by atoms with van der Waals surface area (Å²) in [6.07, 6.45) is 3.74. The number of hydrogen-bond donors (Lipinski definition) is 1. The minimum absolute atomic E-state index is 0.00164. The highest BCUT2D eigenvalue weighted by Gasteiger charge is 2.36. The van der Waals surface area contributed by atoms with E-state index in [-0.39, 0.29) is 17.6 Å². The molecule has 2 fully saturated rings. The van der Waals surface area contributed by atoms with Crippen molar-refractivity contribution in [3.8, 4) is 0 Å². The number of rotatable bonds is 6. The molecule has 2 heterocycles. The van der Waals surface area contributed by atoms with Crippen molar-refractivity contribution in [1.82, 2.24) is 10.2 Å². The van der Waals surface area contributed by atoms with Crippen LogP contribution in [-0.4, -0.2) is 56.2 Å². The fourth-order valence-corrected chi connectivity index (χ4v) is 5.17. The summed E-state index contributed by atoms with van der Waals surface area (Å²) in [6, 6.07) is 3.70. The first-order valence-electron chi connectivity index (χ1n) is 12.3. The topological polar surface area (TPSA) is 44.8 Å². The molecule has 1 saturated heterocycles. The molecule has 188 valence electrons. The van der Waals surface area contributed by atoms with Crippen LogP contribution in [0.4, 0.5) is 23.2 Å². The van der Waals surface area contributed by atoms with Gasteiger partial charge in [0.25, 0.3) is 5.91 Å². The van der Waals surface area contributed by atoms with Crippen LogP contribution in [0.15, 0.2) is 30.0 Å². The maximum absolute atomic E-state index is 14.4. The van der Waals surface area contributed by atoms with Crippen molar-refractivity contribution in [3.63, 3.8) is 0 Å². The van der Waals surface area contributed by atoms with Crippen molar-refractivity contribution in [2.45, 2.75) is 57.2 Å². The Kier molecular flexibility index (Phi) is 8.01. The Bertz CT molecular complexity index is 873. The molecule has 0 unspecified atom stereocenters. The lowest BCUT2D eigenvalue weighted by molar-refractivity contribution is -0.139. The number of carbonyl (C=O) groups excluding carboxylic acids is 1. The monoisotopic (exact) mass is 483 g/mol. The zero-order chi connectivity index (χ0) is 24.1. The van der Waals surface area contributed by atoms with Gasteiger partial charge in [-0.1, -0.05) is 6.07 Å². The summed E-state index contributed by atoms with van der Waals surface area (Å²) < 4.78 is 58.7. The van der Waals surface area contributed by atoms with Crippen LogP contribution in [0.2, 0.25) is 0 Å². The van der Waals surface area contributed by atoms with E-state index in [4.69, 9.17) is 4.74 Å². The summed E-state index contributed by atoms with van der Waals surface area (Å²) in [5.74, 6) is -0.567. The molecule has 3 aliphatic rings. The number of alkyl halides is 3. The van der Waals surface area contributed by atoms with E-state index >= 15 is 0 Å². The highest BCUT2D eigenvalue weighted by atomic mass is 19.4. The molecular weight excluding hydrogens is 450 g/mol. The Morgan fingerprint density at radius 2 is 1.82 bits per heavy atom. The van der Waals surface area contributed by atoms with E-state index in [1.54, 1.807) is 11.2 Å². The molecule has 0 bridgehead atoms. The zero-order valence-corrected chi connectivity index (χ0v) is 19.4. The Balaban J connectivity index is 1.17. The van der Waals surface area contributed by atoms with Crippen LogP contribution in [0.1, 0.15) is 50.5 Å². The third-order valence-corrected chi connectivity index (χ3v) is 7.26. The van der Waals surface area contributed by atoms with Crippen LogP contribution in [0.25, 0.3) is 0 Å². The maximum Gasteiger partial charge on any atom is 0.419 e. The van der Waals surface area contributed by atoms with Gasteiger partial charge in [-0.3, -0.25) is 9.69 Å². The molecule has 9 heteroatoms. The number of benzene rings is 1. The van der Waals surface area contributed by atoms with Crippen molar-refractivity contribution in [1.29, 1.82) is 0 Å². The van der Waals surface area contributed by atoms with Gasteiger partial charge in [0.1, 0.15) is 0 Å². The van der Waals surface area contributed by atoms with Crippen LogP contribution in [0.5, 0.6) is 0 Å². The third kappa shape index (κ3) is 6.23. The van der Waals surface area contributed by atoms with Crippen molar-refractivity contribution in [2.24, 2.45) is 5.92 Å². The molecule has 1 amide bonds. The standard InChI is InChI=1S/C25H33F4N3O2/c26-23-21(25(27,28)29)4-1-5-22(23)32-14-12-31(13-15-32)11-10-18-6-8-20(9-7-18)30-24(33)19-3-2-16-34-17-19/h1,4-5,17-18,20H,2-3,6-16H2,(H,30,33)/t18-,20-. The molecule has 5 nitrogen and oxygen atoms in total. The number of carbonyl (C=O) groups is 1. The first kappa shape index (κ1) is 24.8. The fraction of sp³-hybridized carbons (Fsp3) is 0.640. The van der Waals surface area contributed by atoms with Crippen LogP contribution in [-0.2, 0) is 15.7 Å². The minimum Gasteiger partial charge on any atom is -0.501 e. The smallest absolute Gasteiger partial charge is 0.419 e. The number of hydrogen-bond acceptors (Lipinski definition) is 4. The first-order valence-corrected chi connectivity index (χ1v) is 12.3. The summed E-state index contributed by atoms with van der Waals surface area (Å²) in [4.78, 5) is 16.4. The highest BCUT2D eigenvalue weighted by Crippen LogP contribution is 2.35. The number of ether oxygens (including phenoxy) is 1. The molecule has 1 aromatic carbocycles. The lowest BCUT2D eigenvalue weighted by Crippen LogP contribution is -2.47. The lowest BCUT2D eigenvalue weighted by atomic mass is 9.84. The average molecular weight is 484 g/mol. The van der Waals surface area contributed by atoms with Gasteiger partial charge in [-0.2, -0.15) is 13.2 Å². The number of nitrogens with zero attached hydrogens (tertiary/aromatic N) is 2. The first-order chi connectivity index (χ1) is 16.3. The number of amides is 1. The lowest BCUT2D eigenvalue weighted by Gasteiger charge is -2.37. The van der Waals surface area contributed by atoms with Crippen molar-refractivity contribution < 1.29 is 27.1 Å². The molecule has 0 radical (unpaired) electrons. The van der Waals surface area contributed by atoms with E-state index in [0.29, 0.717) is 38.7 Å². The van der Waals surface area contributed by atoms with Gasteiger partial charge in [-0.25, -0.2) is 4.39 Å². The zero-order valence-electron chi connectivity index (χ0n) is 19.4. The van der Waals surface area contributed by atoms with Gasteiger partial charge >= 0.3 is 6.18 Å². The van der Waals surface area contributed by atoms with Crippen molar-refractivity contribution in [2.75, 3.05) is 44.2 Å². The van der Waals surface area contributed by atoms with Crippen LogP contribution >= 0.6 is 0 Å². The van der Waals surface area contributed by atoms with Gasteiger partial charge in [0.05, 0.1) is 29.7 Å². The van der Waals surface area contributed by atoms with Gasteiger partial charge in [0.15, 0.2) is 5.82 Å². The fourth-order valence-electron chi connectivity index (χ4n) is 5.17. The van der Waals surface area contributed by atoms with Gasteiger partial charge in [0.2, 0.25) is 0 Å². The highest BCUT2D eigenvalue weighted by molar-refractivity contribution is 5.93. The summed E-state index contributed by atoms with van der Waals surface area (Å²) in [5.41, 5.74) is -0.439. The molecule has 34 heavy (non-hydrogen) atoms. The largest absolute Gasteiger partial charge is 0.501 e. The molecule has 0 aromatic heterocycles. The molecule has 1 aromatic rings. The van der Waals surface area contributed by atoms with E-state index in [0.717, 1.165) is 63.1 Å². The predicted molar refractivity (Wildman–Crippen MR) is 122 cm³/mol. The normalized spacial score (nSPS) is 24.4. The molecule has 1 aliphatic carbocycles. The second-order valence-electron chi connectivity index (χ2n) is 9.56. The quantitative estimate of drug-likeness (QED) is 0.595. The summed E-state index contributed by atoms with van der Waals surface area (Å²) in [6.45, 7) is 4.05. The molecule has 1 N–H and O–H groups in total. The molecule has 1 saturated carbocycles. The Labute approximate surface area is 198 Å².